The van der Waals surface area contributed by atoms with Gasteiger partial charge in [-0.25, -0.2) is 4.39 Å². The monoisotopic (exact) mass is 398 g/mol. The van der Waals surface area contributed by atoms with Crippen molar-refractivity contribution in [3.63, 3.8) is 0 Å². The van der Waals surface area contributed by atoms with Crippen LogP contribution in [0.2, 0.25) is 0 Å². The molecule has 3 rings (SSSR count). The molecule has 29 heavy (non-hydrogen) atoms. The Hall–Kier alpha value is -2.57. The second kappa shape index (κ2) is 10.3. The van der Waals surface area contributed by atoms with E-state index in [9.17, 15) is 14.0 Å². The Kier molecular flexibility index (Phi) is 7.49. The molecule has 0 bridgehead atoms. The minimum atomic E-state index is -0.385. The number of benzene rings is 2. The van der Waals surface area contributed by atoms with Crippen molar-refractivity contribution in [2.45, 2.75) is 25.8 Å². The maximum atomic E-state index is 13.0. The highest BCUT2D eigenvalue weighted by molar-refractivity contribution is 5.97. The molecule has 154 valence electrons. The molecule has 1 heterocycles. The lowest BCUT2D eigenvalue weighted by atomic mass is 10.0. The van der Waals surface area contributed by atoms with Gasteiger partial charge in [0, 0.05) is 38.0 Å². The van der Waals surface area contributed by atoms with Gasteiger partial charge in [-0.1, -0.05) is 29.8 Å². The van der Waals surface area contributed by atoms with Crippen LogP contribution in [-0.2, 0) is 9.53 Å². The molecule has 2 aromatic carbocycles. The summed E-state index contributed by atoms with van der Waals surface area (Å²) >= 11 is 0. The zero-order valence-corrected chi connectivity index (χ0v) is 16.7. The number of nitrogens with one attached hydrogen (secondary N) is 1. The van der Waals surface area contributed by atoms with Crippen LogP contribution in [0.25, 0.3) is 0 Å². The number of carbonyl (C=O) groups excluding carboxylic acids is 2. The number of morpholine rings is 1. The van der Waals surface area contributed by atoms with E-state index in [-0.39, 0.29) is 36.4 Å². The molecule has 6 heteroatoms. The molecular formula is C23H27FN2O3. The van der Waals surface area contributed by atoms with Gasteiger partial charge in [0.05, 0.1) is 19.3 Å². The van der Waals surface area contributed by atoms with Gasteiger partial charge in [-0.2, -0.15) is 0 Å². The summed E-state index contributed by atoms with van der Waals surface area (Å²) in [6.45, 7) is 5.53. The van der Waals surface area contributed by atoms with E-state index in [2.05, 4.69) is 34.5 Å². The number of halogens is 1. The van der Waals surface area contributed by atoms with Gasteiger partial charge in [0.15, 0.2) is 5.78 Å². The molecule has 0 aromatic heterocycles. The first kappa shape index (κ1) is 21.1. The van der Waals surface area contributed by atoms with Crippen molar-refractivity contribution in [3.8, 4) is 0 Å². The maximum Gasteiger partial charge on any atom is 0.220 e. The topological polar surface area (TPSA) is 58.6 Å². The summed E-state index contributed by atoms with van der Waals surface area (Å²) in [7, 11) is 0. The SMILES string of the molecule is Cc1ccc(C(CNC(=O)CCC(=O)c2ccc(F)cc2)N2CCOCC2)cc1. The van der Waals surface area contributed by atoms with Gasteiger partial charge < -0.3 is 10.1 Å². The quantitative estimate of drug-likeness (QED) is 0.694. The smallest absolute Gasteiger partial charge is 0.220 e. The van der Waals surface area contributed by atoms with Crippen LogP contribution in [0, 0.1) is 12.7 Å². The lowest BCUT2D eigenvalue weighted by Gasteiger charge is -2.35. The van der Waals surface area contributed by atoms with Gasteiger partial charge in [0.2, 0.25) is 5.91 Å². The van der Waals surface area contributed by atoms with Crippen molar-refractivity contribution in [2.75, 3.05) is 32.8 Å². The van der Waals surface area contributed by atoms with Crippen LogP contribution in [0.1, 0.15) is 40.4 Å². The molecule has 0 aliphatic carbocycles. The number of hydrogen-bond donors (Lipinski definition) is 1. The number of ketones is 1. The molecule has 1 amide bonds. The minimum Gasteiger partial charge on any atom is -0.379 e. The van der Waals surface area contributed by atoms with E-state index in [0.29, 0.717) is 25.3 Å². The Morgan fingerprint density at radius 3 is 2.34 bits per heavy atom. The first-order chi connectivity index (χ1) is 14.0. The molecular weight excluding hydrogens is 371 g/mol. The zero-order chi connectivity index (χ0) is 20.6. The fraction of sp³-hybridized carbons (Fsp3) is 0.391. The van der Waals surface area contributed by atoms with Crippen LogP contribution in [0.3, 0.4) is 0 Å². The molecule has 1 N–H and O–H groups in total. The average molecular weight is 398 g/mol. The molecule has 1 atom stereocenters. The van der Waals surface area contributed by atoms with E-state index in [1.54, 1.807) is 0 Å². The molecule has 5 nitrogen and oxygen atoms in total. The number of nitrogens with zero attached hydrogens (tertiary/aromatic N) is 1. The summed E-state index contributed by atoms with van der Waals surface area (Å²) in [6, 6.07) is 13.8. The summed E-state index contributed by atoms with van der Waals surface area (Å²) in [6.07, 6.45) is 0.212. The second-order valence-electron chi connectivity index (χ2n) is 7.31. The van der Waals surface area contributed by atoms with Crippen molar-refractivity contribution in [2.24, 2.45) is 0 Å². The lowest BCUT2D eigenvalue weighted by Crippen LogP contribution is -2.43. The van der Waals surface area contributed by atoms with E-state index in [0.717, 1.165) is 18.7 Å². The fourth-order valence-electron chi connectivity index (χ4n) is 3.44. The molecule has 1 unspecified atom stereocenters. The molecule has 1 saturated heterocycles. The highest BCUT2D eigenvalue weighted by atomic mass is 19.1. The summed E-state index contributed by atoms with van der Waals surface area (Å²) in [5.74, 6) is -0.709. The zero-order valence-electron chi connectivity index (χ0n) is 16.7. The molecule has 1 aliphatic rings. The fourth-order valence-corrected chi connectivity index (χ4v) is 3.44. The minimum absolute atomic E-state index is 0.0660. The number of carbonyl (C=O) groups is 2. The number of Topliss-reactive ketones (excluding diaryl/α,β-unsaturated/α-hetero) is 1. The van der Waals surface area contributed by atoms with Gasteiger partial charge in [-0.3, -0.25) is 14.5 Å². The van der Waals surface area contributed by atoms with Crippen molar-refractivity contribution in [1.82, 2.24) is 10.2 Å². The Labute approximate surface area is 170 Å². The Morgan fingerprint density at radius 2 is 1.69 bits per heavy atom. The lowest BCUT2D eigenvalue weighted by molar-refractivity contribution is -0.121. The van der Waals surface area contributed by atoms with E-state index < -0.39 is 0 Å². The van der Waals surface area contributed by atoms with Crippen LogP contribution in [0.4, 0.5) is 4.39 Å². The van der Waals surface area contributed by atoms with Gasteiger partial charge in [0.25, 0.3) is 0 Å². The Bertz CT molecular complexity index is 815. The van der Waals surface area contributed by atoms with Gasteiger partial charge in [0.1, 0.15) is 5.82 Å². The summed E-state index contributed by atoms with van der Waals surface area (Å²) in [4.78, 5) is 26.8. The third-order valence-corrected chi connectivity index (χ3v) is 5.19. The molecule has 1 fully saturated rings. The number of ether oxygens (including phenoxy) is 1. The number of rotatable bonds is 8. The third kappa shape index (κ3) is 6.21. The van der Waals surface area contributed by atoms with E-state index in [1.807, 2.05) is 6.92 Å². The molecule has 0 spiro atoms. The van der Waals surface area contributed by atoms with Crippen molar-refractivity contribution in [3.05, 3.63) is 71.0 Å². The first-order valence-corrected chi connectivity index (χ1v) is 9.97. The largest absolute Gasteiger partial charge is 0.379 e. The van der Waals surface area contributed by atoms with Gasteiger partial charge in [-0.15, -0.1) is 0 Å². The predicted molar refractivity (Wildman–Crippen MR) is 109 cm³/mol. The van der Waals surface area contributed by atoms with Gasteiger partial charge >= 0.3 is 0 Å². The predicted octanol–water partition coefficient (Wildman–Crippen LogP) is 3.29. The summed E-state index contributed by atoms with van der Waals surface area (Å²) in [5, 5.41) is 2.98. The van der Waals surface area contributed by atoms with Crippen molar-refractivity contribution >= 4 is 11.7 Å². The number of aryl methyl sites for hydroxylation is 1. The van der Waals surface area contributed by atoms with Crippen LogP contribution in [0.15, 0.2) is 48.5 Å². The highest BCUT2D eigenvalue weighted by Crippen LogP contribution is 2.22. The van der Waals surface area contributed by atoms with E-state index in [1.165, 1.54) is 29.8 Å². The molecule has 0 radical (unpaired) electrons. The standard InChI is InChI=1S/C23H27FN2O3/c1-17-2-4-18(5-3-17)21(26-12-14-29-15-13-26)16-25-23(28)11-10-22(27)19-6-8-20(24)9-7-19/h2-9,21H,10-16H2,1H3,(H,25,28). The Balaban J connectivity index is 1.55. The van der Waals surface area contributed by atoms with Crippen LogP contribution < -0.4 is 5.32 Å². The number of amides is 1. The summed E-state index contributed by atoms with van der Waals surface area (Å²) in [5.41, 5.74) is 2.77. The summed E-state index contributed by atoms with van der Waals surface area (Å²) < 4.78 is 18.4. The van der Waals surface area contributed by atoms with Crippen LogP contribution in [0.5, 0.6) is 0 Å². The maximum absolute atomic E-state index is 13.0. The average Bonchev–Trinajstić information content (AvgIpc) is 2.74. The van der Waals surface area contributed by atoms with Gasteiger partial charge in [-0.05, 0) is 36.8 Å². The number of hydrogen-bond acceptors (Lipinski definition) is 4. The van der Waals surface area contributed by atoms with Crippen LogP contribution in [-0.4, -0.2) is 49.4 Å². The van der Waals surface area contributed by atoms with Crippen molar-refractivity contribution < 1.29 is 18.7 Å². The van der Waals surface area contributed by atoms with E-state index in [4.69, 9.17) is 4.74 Å². The normalized spacial score (nSPS) is 15.7. The Morgan fingerprint density at radius 1 is 1.03 bits per heavy atom. The third-order valence-electron chi connectivity index (χ3n) is 5.19. The second-order valence-corrected chi connectivity index (χ2v) is 7.31. The van der Waals surface area contributed by atoms with Crippen molar-refractivity contribution in [1.29, 1.82) is 0 Å². The highest BCUT2D eigenvalue weighted by Gasteiger charge is 2.23. The molecule has 1 aliphatic heterocycles. The molecule has 0 saturated carbocycles. The molecule has 2 aromatic rings. The van der Waals surface area contributed by atoms with E-state index >= 15 is 0 Å². The first-order valence-electron chi connectivity index (χ1n) is 9.97. The van der Waals surface area contributed by atoms with Crippen LogP contribution >= 0.6 is 0 Å².